The first-order valence-corrected chi connectivity index (χ1v) is 4.01. The van der Waals surface area contributed by atoms with E-state index in [9.17, 15) is 4.79 Å². The third-order valence-corrected chi connectivity index (χ3v) is 1.84. The van der Waals surface area contributed by atoms with Gasteiger partial charge in [-0.1, -0.05) is 29.8 Å². The van der Waals surface area contributed by atoms with Gasteiger partial charge in [0.1, 0.15) is 0 Å². The molecule has 3 heteroatoms. The number of nitrogens with one attached hydrogen (secondary N) is 1. The summed E-state index contributed by atoms with van der Waals surface area (Å²) in [4.78, 5) is 9.86. The molecule has 12 heavy (non-hydrogen) atoms. The molecule has 0 aliphatic carbocycles. The number of hydrogen-bond acceptors (Lipinski definition) is 2. The largest absolute Gasteiger partial charge is 0.305 e. The van der Waals surface area contributed by atoms with Crippen molar-refractivity contribution in [2.75, 3.05) is 6.54 Å². The highest BCUT2D eigenvalue weighted by Gasteiger charge is 1.96. The Morgan fingerprint density at radius 3 is 2.83 bits per heavy atom. The van der Waals surface area contributed by atoms with Gasteiger partial charge in [-0.15, -0.1) is 0 Å². The van der Waals surface area contributed by atoms with Crippen LogP contribution in [0.25, 0.3) is 0 Å². The zero-order chi connectivity index (χ0) is 8.81. The van der Waals surface area contributed by atoms with Crippen LogP contribution in [0.1, 0.15) is 5.56 Å². The predicted octanol–water partition coefficient (Wildman–Crippen LogP) is 1.54. The van der Waals surface area contributed by atoms with Crippen molar-refractivity contribution in [1.29, 1.82) is 0 Å². The molecule has 0 saturated carbocycles. The molecule has 0 unspecified atom stereocenters. The Labute approximate surface area is 76.5 Å². The molecule has 1 aromatic rings. The molecule has 63 valence electrons. The van der Waals surface area contributed by atoms with Gasteiger partial charge in [0, 0.05) is 11.6 Å². The smallest absolute Gasteiger partial charge is 0.213 e. The van der Waals surface area contributed by atoms with E-state index in [1.807, 2.05) is 24.3 Å². The summed E-state index contributed by atoms with van der Waals surface area (Å²) < 4.78 is 0. The topological polar surface area (TPSA) is 29.1 Å². The molecule has 0 aliphatic rings. The summed E-state index contributed by atoms with van der Waals surface area (Å²) in [5.41, 5.74) is 0.995. The van der Waals surface area contributed by atoms with Gasteiger partial charge in [0.05, 0.1) is 6.54 Å². The minimum atomic E-state index is 0.241. The van der Waals surface area contributed by atoms with Crippen LogP contribution >= 0.6 is 11.6 Å². The van der Waals surface area contributed by atoms with Gasteiger partial charge in [-0.05, 0) is 11.6 Å². The predicted molar refractivity (Wildman–Crippen MR) is 48.9 cm³/mol. The third kappa shape index (κ3) is 2.64. The Balaban J connectivity index is 2.51. The summed E-state index contributed by atoms with van der Waals surface area (Å²) in [7, 11) is 0. The van der Waals surface area contributed by atoms with Crippen molar-refractivity contribution >= 4 is 17.9 Å². The average Bonchev–Trinajstić information content (AvgIpc) is 2.09. The second kappa shape index (κ2) is 4.91. The maximum Gasteiger partial charge on any atom is 0.213 e. The van der Waals surface area contributed by atoms with Crippen LogP contribution in [-0.2, 0) is 11.3 Å². The van der Waals surface area contributed by atoms with Gasteiger partial charge < -0.3 is 5.32 Å². The van der Waals surface area contributed by atoms with Gasteiger partial charge in [0.2, 0.25) is 6.29 Å². The molecule has 1 rings (SSSR count). The number of benzene rings is 1. The Morgan fingerprint density at radius 2 is 2.17 bits per heavy atom. The van der Waals surface area contributed by atoms with Gasteiger partial charge in [-0.25, -0.2) is 0 Å². The van der Waals surface area contributed by atoms with E-state index >= 15 is 0 Å². The first-order valence-electron chi connectivity index (χ1n) is 3.63. The van der Waals surface area contributed by atoms with E-state index in [0.29, 0.717) is 6.54 Å². The van der Waals surface area contributed by atoms with Crippen molar-refractivity contribution in [3.05, 3.63) is 34.9 Å². The minimum Gasteiger partial charge on any atom is -0.305 e. The molecule has 0 amide bonds. The van der Waals surface area contributed by atoms with Crippen LogP contribution in [0.4, 0.5) is 0 Å². The summed E-state index contributed by atoms with van der Waals surface area (Å²) in [5.74, 6) is 0. The molecule has 0 heterocycles. The molecule has 1 radical (unpaired) electrons. The fraction of sp³-hybridized carbons (Fsp3) is 0.222. The summed E-state index contributed by atoms with van der Waals surface area (Å²) in [6, 6.07) is 7.52. The Morgan fingerprint density at radius 1 is 1.42 bits per heavy atom. The summed E-state index contributed by atoms with van der Waals surface area (Å²) in [5, 5.41) is 3.60. The van der Waals surface area contributed by atoms with Crippen LogP contribution < -0.4 is 5.32 Å². The Kier molecular flexibility index (Phi) is 3.77. The number of hydrogen-bond donors (Lipinski definition) is 1. The first-order chi connectivity index (χ1) is 5.84. The lowest BCUT2D eigenvalue weighted by molar-refractivity contribution is 0.548. The van der Waals surface area contributed by atoms with Crippen LogP contribution in [0.5, 0.6) is 0 Å². The molecule has 0 aliphatic heterocycles. The van der Waals surface area contributed by atoms with E-state index in [4.69, 9.17) is 11.6 Å². The lowest BCUT2D eigenvalue weighted by Gasteiger charge is -2.02. The van der Waals surface area contributed by atoms with E-state index < -0.39 is 0 Å². The second-order valence-corrected chi connectivity index (χ2v) is 2.75. The standard InChI is InChI=1S/C9H9ClNO/c10-9-4-2-1-3-8(9)7-11-5-6-12/h1-4,11H,5,7H2. The Bertz CT molecular complexity index is 262. The van der Waals surface area contributed by atoms with Crippen molar-refractivity contribution in [3.8, 4) is 0 Å². The maximum absolute atomic E-state index is 9.86. The van der Waals surface area contributed by atoms with E-state index in [1.165, 1.54) is 0 Å². The minimum absolute atomic E-state index is 0.241. The summed E-state index contributed by atoms with van der Waals surface area (Å²) >= 11 is 5.86. The molecule has 0 bridgehead atoms. The zero-order valence-corrected chi connectivity index (χ0v) is 7.27. The molecule has 0 aromatic heterocycles. The van der Waals surface area contributed by atoms with Crippen LogP contribution in [0.3, 0.4) is 0 Å². The van der Waals surface area contributed by atoms with E-state index in [1.54, 1.807) is 6.29 Å². The molecule has 2 nitrogen and oxygen atoms in total. The monoisotopic (exact) mass is 182 g/mol. The van der Waals surface area contributed by atoms with Crippen molar-refractivity contribution in [2.24, 2.45) is 0 Å². The first kappa shape index (κ1) is 9.23. The normalized spacial score (nSPS) is 9.75. The third-order valence-electron chi connectivity index (χ3n) is 1.47. The fourth-order valence-corrected chi connectivity index (χ4v) is 1.09. The SMILES string of the molecule is O=[C]CNCc1ccccc1Cl. The van der Waals surface area contributed by atoms with Gasteiger partial charge in [0.15, 0.2) is 0 Å². The van der Waals surface area contributed by atoms with Crippen molar-refractivity contribution < 1.29 is 4.79 Å². The lowest BCUT2D eigenvalue weighted by Crippen LogP contribution is -2.15. The van der Waals surface area contributed by atoms with Crippen LogP contribution in [0.2, 0.25) is 5.02 Å². The average molecular weight is 183 g/mol. The molecule has 0 atom stereocenters. The molecule has 0 fully saturated rings. The molecule has 1 N–H and O–H groups in total. The van der Waals surface area contributed by atoms with Crippen molar-refractivity contribution in [3.63, 3.8) is 0 Å². The number of rotatable bonds is 4. The maximum atomic E-state index is 9.86. The van der Waals surface area contributed by atoms with Gasteiger partial charge >= 0.3 is 0 Å². The van der Waals surface area contributed by atoms with Crippen LogP contribution in [0.15, 0.2) is 24.3 Å². The van der Waals surface area contributed by atoms with Crippen molar-refractivity contribution in [1.82, 2.24) is 5.32 Å². The summed E-state index contributed by atoms with van der Waals surface area (Å²) in [6.45, 7) is 0.847. The Hall–Kier alpha value is -0.860. The zero-order valence-electron chi connectivity index (χ0n) is 6.51. The summed E-state index contributed by atoms with van der Waals surface area (Å²) in [6.07, 6.45) is 1.75. The fourth-order valence-electron chi connectivity index (χ4n) is 0.890. The van der Waals surface area contributed by atoms with Crippen LogP contribution in [0, 0.1) is 0 Å². The highest BCUT2D eigenvalue weighted by molar-refractivity contribution is 6.31. The molecule has 1 aromatic carbocycles. The highest BCUT2D eigenvalue weighted by Crippen LogP contribution is 2.13. The van der Waals surface area contributed by atoms with E-state index in [2.05, 4.69) is 5.32 Å². The van der Waals surface area contributed by atoms with E-state index in [0.717, 1.165) is 10.6 Å². The number of carbonyl (C=O) groups excluding carboxylic acids is 1. The number of halogens is 1. The van der Waals surface area contributed by atoms with Gasteiger partial charge in [0.25, 0.3) is 0 Å². The quantitative estimate of drug-likeness (QED) is 0.716. The van der Waals surface area contributed by atoms with Gasteiger partial charge in [-0.2, -0.15) is 0 Å². The molecule has 0 saturated heterocycles. The van der Waals surface area contributed by atoms with Crippen molar-refractivity contribution in [2.45, 2.75) is 6.54 Å². The lowest BCUT2D eigenvalue weighted by atomic mass is 10.2. The molecular formula is C9H9ClNO. The second-order valence-electron chi connectivity index (χ2n) is 2.34. The van der Waals surface area contributed by atoms with Crippen LogP contribution in [-0.4, -0.2) is 12.8 Å². The highest BCUT2D eigenvalue weighted by atomic mass is 35.5. The molecular weight excluding hydrogens is 174 g/mol. The molecule has 0 spiro atoms. The van der Waals surface area contributed by atoms with E-state index in [-0.39, 0.29) is 6.54 Å². The van der Waals surface area contributed by atoms with Gasteiger partial charge in [-0.3, -0.25) is 4.79 Å².